The summed E-state index contributed by atoms with van der Waals surface area (Å²) in [5, 5.41) is 2.46. The Hall–Kier alpha value is -1.38. The number of rotatable bonds is 4. The van der Waals surface area contributed by atoms with Crippen LogP contribution in [0.5, 0.6) is 0 Å². The normalized spacial score (nSPS) is 38.3. The van der Waals surface area contributed by atoms with Gasteiger partial charge >= 0.3 is 6.09 Å². The molecule has 0 radical (unpaired) electrons. The molecular weight excluding hydrogens is 420 g/mol. The molecule has 6 aliphatic rings. The van der Waals surface area contributed by atoms with E-state index in [4.69, 9.17) is 9.47 Å². The Morgan fingerprint density at radius 3 is 2.42 bits per heavy atom. The van der Waals surface area contributed by atoms with Gasteiger partial charge in [-0.25, -0.2) is 9.80 Å². The Labute approximate surface area is 197 Å². The molecule has 33 heavy (non-hydrogen) atoms. The predicted molar refractivity (Wildman–Crippen MR) is 122 cm³/mol. The highest BCUT2D eigenvalue weighted by Gasteiger charge is 2.51. The Morgan fingerprint density at radius 1 is 0.909 bits per heavy atom. The molecule has 0 aromatic carbocycles. The second kappa shape index (κ2) is 9.00. The summed E-state index contributed by atoms with van der Waals surface area (Å²) in [6, 6.07) is 0.996. The number of carbonyl (C=O) groups is 2. The molecule has 5 atom stereocenters. The number of nitrogens with zero attached hydrogens (tertiary/aromatic N) is 3. The molecule has 184 valence electrons. The SMILES string of the molecule is C[C@H]1CN(C(=O)OC2CCOCC2)C2CC(C3CNN(C4CC4)C3)CCC2N1C(=O)C1CC1. The van der Waals surface area contributed by atoms with Gasteiger partial charge in [-0.15, -0.1) is 0 Å². The van der Waals surface area contributed by atoms with E-state index < -0.39 is 0 Å². The summed E-state index contributed by atoms with van der Waals surface area (Å²) < 4.78 is 11.4. The summed E-state index contributed by atoms with van der Waals surface area (Å²) in [5.74, 6) is 1.77. The number of carbonyl (C=O) groups excluding carboxylic acids is 2. The highest BCUT2D eigenvalue weighted by Crippen LogP contribution is 2.43. The smallest absolute Gasteiger partial charge is 0.410 e. The minimum Gasteiger partial charge on any atom is -0.446 e. The van der Waals surface area contributed by atoms with Gasteiger partial charge in [-0.2, -0.15) is 0 Å². The zero-order chi connectivity index (χ0) is 22.5. The summed E-state index contributed by atoms with van der Waals surface area (Å²) in [7, 11) is 0. The zero-order valence-electron chi connectivity index (χ0n) is 20.0. The topological polar surface area (TPSA) is 74.4 Å². The molecule has 6 fully saturated rings. The first-order chi connectivity index (χ1) is 16.1. The van der Waals surface area contributed by atoms with E-state index in [1.807, 2.05) is 4.90 Å². The van der Waals surface area contributed by atoms with E-state index in [0.29, 0.717) is 37.5 Å². The molecule has 2 amide bonds. The first-order valence-corrected chi connectivity index (χ1v) is 13.5. The molecule has 3 aliphatic heterocycles. The molecule has 6 rings (SSSR count). The molecule has 8 nitrogen and oxygen atoms in total. The van der Waals surface area contributed by atoms with Crippen molar-refractivity contribution in [1.29, 1.82) is 0 Å². The van der Waals surface area contributed by atoms with Gasteiger partial charge in [0.25, 0.3) is 0 Å². The van der Waals surface area contributed by atoms with Crippen molar-refractivity contribution in [3.05, 3.63) is 0 Å². The van der Waals surface area contributed by atoms with Gasteiger partial charge in [0, 0.05) is 50.5 Å². The van der Waals surface area contributed by atoms with Crippen LogP contribution in [0.1, 0.15) is 64.7 Å². The number of fused-ring (bicyclic) bond motifs is 1. The fourth-order valence-corrected chi connectivity index (χ4v) is 6.82. The molecular formula is C25H40N4O4. The summed E-state index contributed by atoms with van der Waals surface area (Å²) >= 11 is 0. The van der Waals surface area contributed by atoms with E-state index in [1.54, 1.807) is 0 Å². The van der Waals surface area contributed by atoms with Gasteiger partial charge in [-0.1, -0.05) is 0 Å². The van der Waals surface area contributed by atoms with E-state index in [-0.39, 0.29) is 36.2 Å². The van der Waals surface area contributed by atoms with Crippen LogP contribution in [-0.2, 0) is 14.3 Å². The van der Waals surface area contributed by atoms with Gasteiger partial charge in [0.05, 0.1) is 25.3 Å². The molecule has 1 N–H and O–H groups in total. The molecule has 3 saturated carbocycles. The molecule has 0 bridgehead atoms. The van der Waals surface area contributed by atoms with Gasteiger partial charge in [0.15, 0.2) is 0 Å². The van der Waals surface area contributed by atoms with Crippen LogP contribution >= 0.6 is 0 Å². The minimum absolute atomic E-state index is 0.0448. The van der Waals surface area contributed by atoms with Crippen molar-refractivity contribution < 1.29 is 19.1 Å². The molecule has 3 saturated heterocycles. The highest BCUT2D eigenvalue weighted by molar-refractivity contribution is 5.82. The van der Waals surface area contributed by atoms with E-state index in [1.165, 1.54) is 12.8 Å². The quantitative estimate of drug-likeness (QED) is 0.694. The summed E-state index contributed by atoms with van der Waals surface area (Å²) in [4.78, 5) is 30.8. The van der Waals surface area contributed by atoms with Crippen molar-refractivity contribution in [3.63, 3.8) is 0 Å². The molecule has 0 aromatic rings. The fraction of sp³-hybridized carbons (Fsp3) is 0.920. The van der Waals surface area contributed by atoms with E-state index in [2.05, 4.69) is 22.3 Å². The molecule has 8 heteroatoms. The molecule has 0 aromatic heterocycles. The van der Waals surface area contributed by atoms with Crippen molar-refractivity contribution >= 4 is 12.0 Å². The second-order valence-corrected chi connectivity index (χ2v) is 11.4. The predicted octanol–water partition coefficient (Wildman–Crippen LogP) is 2.38. The number of ether oxygens (including phenoxy) is 2. The van der Waals surface area contributed by atoms with Crippen LogP contribution < -0.4 is 5.43 Å². The van der Waals surface area contributed by atoms with Crippen molar-refractivity contribution in [2.75, 3.05) is 32.8 Å². The first kappa shape index (κ1) is 22.1. The number of hydrogen-bond acceptors (Lipinski definition) is 6. The molecule has 4 unspecified atom stereocenters. The van der Waals surface area contributed by atoms with Crippen molar-refractivity contribution in [3.8, 4) is 0 Å². The maximum Gasteiger partial charge on any atom is 0.410 e. The Bertz CT molecular complexity index is 751. The highest BCUT2D eigenvalue weighted by atomic mass is 16.6. The summed E-state index contributed by atoms with van der Waals surface area (Å²) in [6.45, 7) is 6.21. The van der Waals surface area contributed by atoms with Crippen molar-refractivity contribution in [2.24, 2.45) is 17.8 Å². The third-order valence-electron chi connectivity index (χ3n) is 9.01. The lowest BCUT2D eigenvalue weighted by molar-refractivity contribution is -0.146. The molecule has 3 aliphatic carbocycles. The average Bonchev–Trinajstić information content (AvgIpc) is 3.77. The Balaban J connectivity index is 1.18. The van der Waals surface area contributed by atoms with E-state index >= 15 is 0 Å². The van der Waals surface area contributed by atoms with Gasteiger partial charge < -0.3 is 19.3 Å². The third kappa shape index (κ3) is 4.50. The van der Waals surface area contributed by atoms with Crippen LogP contribution in [-0.4, -0.2) is 89.9 Å². The van der Waals surface area contributed by atoms with Crippen LogP contribution in [0, 0.1) is 17.8 Å². The number of hydrogen-bond donors (Lipinski definition) is 1. The number of amides is 2. The van der Waals surface area contributed by atoms with Crippen LogP contribution in [0.25, 0.3) is 0 Å². The molecule has 0 spiro atoms. The lowest BCUT2D eigenvalue weighted by Crippen LogP contribution is -2.67. The number of piperazine rings is 1. The summed E-state index contributed by atoms with van der Waals surface area (Å²) in [6.07, 6.45) is 9.17. The monoisotopic (exact) mass is 460 g/mol. The zero-order valence-corrected chi connectivity index (χ0v) is 20.0. The first-order valence-electron chi connectivity index (χ1n) is 13.5. The van der Waals surface area contributed by atoms with Gasteiger partial charge in [-0.3, -0.25) is 10.2 Å². The second-order valence-electron chi connectivity index (χ2n) is 11.4. The molecule has 3 heterocycles. The van der Waals surface area contributed by atoms with Crippen molar-refractivity contribution in [1.82, 2.24) is 20.2 Å². The largest absolute Gasteiger partial charge is 0.446 e. The van der Waals surface area contributed by atoms with Crippen molar-refractivity contribution in [2.45, 2.75) is 95.0 Å². The fourth-order valence-electron chi connectivity index (χ4n) is 6.82. The van der Waals surface area contributed by atoms with Crippen LogP contribution in [0.3, 0.4) is 0 Å². The number of nitrogens with one attached hydrogen (secondary N) is 1. The van der Waals surface area contributed by atoms with E-state index in [9.17, 15) is 9.59 Å². The van der Waals surface area contributed by atoms with Gasteiger partial charge in [0.2, 0.25) is 5.91 Å². The average molecular weight is 461 g/mol. The number of hydrazine groups is 1. The van der Waals surface area contributed by atoms with Crippen LogP contribution in [0.2, 0.25) is 0 Å². The Morgan fingerprint density at radius 2 is 1.70 bits per heavy atom. The lowest BCUT2D eigenvalue weighted by atomic mass is 9.73. The van der Waals surface area contributed by atoms with Gasteiger partial charge in [0.1, 0.15) is 6.10 Å². The lowest BCUT2D eigenvalue weighted by Gasteiger charge is -2.54. The third-order valence-corrected chi connectivity index (χ3v) is 9.01. The maximum absolute atomic E-state index is 13.4. The summed E-state index contributed by atoms with van der Waals surface area (Å²) in [5.41, 5.74) is 3.64. The maximum atomic E-state index is 13.4. The van der Waals surface area contributed by atoms with Crippen LogP contribution in [0.4, 0.5) is 4.79 Å². The van der Waals surface area contributed by atoms with E-state index in [0.717, 1.165) is 64.1 Å². The Kier molecular flexibility index (Phi) is 6.03. The standard InChI is InChI=1S/C25H40N4O4/c1-16-14-27(25(31)33-21-8-10-32-11-9-21)23-12-18(19-13-26-28(15-19)20-5-6-20)4-7-22(23)29(16)24(30)17-2-3-17/h16-23,26H,2-15H2,1H3/t16-,18?,19?,22?,23?/m0/s1. The van der Waals surface area contributed by atoms with Gasteiger partial charge in [-0.05, 0) is 63.7 Å². The van der Waals surface area contributed by atoms with Crippen LogP contribution in [0.15, 0.2) is 0 Å². The minimum atomic E-state index is -0.174.